The van der Waals surface area contributed by atoms with Crippen molar-refractivity contribution < 1.29 is 4.74 Å². The van der Waals surface area contributed by atoms with Gasteiger partial charge in [0.1, 0.15) is 0 Å². The molecule has 0 aromatic carbocycles. The van der Waals surface area contributed by atoms with Crippen LogP contribution in [0.25, 0.3) is 0 Å². The van der Waals surface area contributed by atoms with E-state index in [1.165, 1.54) is 19.3 Å². The minimum Gasteiger partial charge on any atom is -0.382 e. The Hall–Kier alpha value is -0.0800. The smallest absolute Gasteiger partial charge is 0.0466 e. The van der Waals surface area contributed by atoms with E-state index in [1.807, 2.05) is 6.92 Å². The Kier molecular flexibility index (Phi) is 8.95. The number of rotatable bonds is 8. The summed E-state index contributed by atoms with van der Waals surface area (Å²) in [6.45, 7) is 9.36. The van der Waals surface area contributed by atoms with Gasteiger partial charge in [-0.3, -0.25) is 0 Å². The second kappa shape index (κ2) is 9.01. The molecule has 1 atom stereocenters. The van der Waals surface area contributed by atoms with Crippen LogP contribution in [-0.4, -0.2) is 25.8 Å². The van der Waals surface area contributed by atoms with E-state index in [0.29, 0.717) is 6.04 Å². The Morgan fingerprint density at radius 1 is 1.33 bits per heavy atom. The summed E-state index contributed by atoms with van der Waals surface area (Å²) in [5, 5.41) is 3.45. The first-order valence-electron chi connectivity index (χ1n) is 5.12. The zero-order valence-corrected chi connectivity index (χ0v) is 8.73. The normalized spacial score (nSPS) is 13.2. The molecular weight excluding hydrogens is 150 g/mol. The first kappa shape index (κ1) is 11.9. The molecule has 0 aliphatic carbocycles. The van der Waals surface area contributed by atoms with Crippen molar-refractivity contribution in [2.45, 2.75) is 46.1 Å². The highest BCUT2D eigenvalue weighted by molar-refractivity contribution is 4.59. The van der Waals surface area contributed by atoms with Gasteiger partial charge in [-0.25, -0.2) is 0 Å². The van der Waals surface area contributed by atoms with Crippen LogP contribution in [0.2, 0.25) is 0 Å². The molecule has 0 aromatic heterocycles. The molecular formula is C10H23NO. The lowest BCUT2D eigenvalue weighted by molar-refractivity contribution is 0.141. The Morgan fingerprint density at radius 3 is 2.67 bits per heavy atom. The van der Waals surface area contributed by atoms with Crippen LogP contribution in [0.15, 0.2) is 0 Å². The quantitative estimate of drug-likeness (QED) is 0.568. The highest BCUT2D eigenvalue weighted by atomic mass is 16.5. The van der Waals surface area contributed by atoms with Gasteiger partial charge in [0.05, 0.1) is 0 Å². The third kappa shape index (κ3) is 8.02. The predicted octanol–water partition coefficient (Wildman–Crippen LogP) is 2.19. The van der Waals surface area contributed by atoms with Crippen molar-refractivity contribution in [3.8, 4) is 0 Å². The maximum absolute atomic E-state index is 5.26. The molecule has 2 nitrogen and oxygen atoms in total. The molecule has 1 N–H and O–H groups in total. The number of hydrogen-bond donors (Lipinski definition) is 1. The average Bonchev–Trinajstić information content (AvgIpc) is 2.09. The minimum atomic E-state index is 0.644. The molecule has 0 aromatic rings. The molecule has 0 bridgehead atoms. The van der Waals surface area contributed by atoms with E-state index >= 15 is 0 Å². The molecule has 0 rings (SSSR count). The fraction of sp³-hybridized carbons (Fsp3) is 1.00. The Morgan fingerprint density at radius 2 is 2.08 bits per heavy atom. The van der Waals surface area contributed by atoms with Crippen molar-refractivity contribution in [3.05, 3.63) is 0 Å². The van der Waals surface area contributed by atoms with Gasteiger partial charge in [-0.1, -0.05) is 6.92 Å². The van der Waals surface area contributed by atoms with Gasteiger partial charge < -0.3 is 10.1 Å². The zero-order valence-electron chi connectivity index (χ0n) is 8.73. The zero-order chi connectivity index (χ0) is 9.23. The predicted molar refractivity (Wildman–Crippen MR) is 53.5 cm³/mol. The summed E-state index contributed by atoms with van der Waals surface area (Å²) in [6.07, 6.45) is 3.61. The summed E-state index contributed by atoms with van der Waals surface area (Å²) in [6, 6.07) is 0.644. The van der Waals surface area contributed by atoms with Crippen LogP contribution in [0.4, 0.5) is 0 Å². The molecule has 0 aliphatic rings. The van der Waals surface area contributed by atoms with E-state index in [4.69, 9.17) is 4.74 Å². The highest BCUT2D eigenvalue weighted by Gasteiger charge is 1.98. The fourth-order valence-corrected chi connectivity index (χ4v) is 1.13. The minimum absolute atomic E-state index is 0.644. The fourth-order valence-electron chi connectivity index (χ4n) is 1.13. The standard InChI is InChI=1S/C10H23NO/c1-4-8-11-10(3)7-6-9-12-5-2/h10-11H,4-9H2,1-3H3. The van der Waals surface area contributed by atoms with E-state index in [0.717, 1.165) is 19.8 Å². The van der Waals surface area contributed by atoms with Crippen molar-refractivity contribution >= 4 is 0 Å². The van der Waals surface area contributed by atoms with Crippen molar-refractivity contribution in [1.82, 2.24) is 5.32 Å². The molecule has 1 unspecified atom stereocenters. The Bertz CT molecular complexity index is 85.9. The van der Waals surface area contributed by atoms with Crippen LogP contribution in [0.1, 0.15) is 40.0 Å². The van der Waals surface area contributed by atoms with Crippen molar-refractivity contribution in [1.29, 1.82) is 0 Å². The third-order valence-electron chi connectivity index (χ3n) is 1.87. The van der Waals surface area contributed by atoms with Crippen LogP contribution in [0.5, 0.6) is 0 Å². The maximum atomic E-state index is 5.26. The second-order valence-corrected chi connectivity index (χ2v) is 3.19. The topological polar surface area (TPSA) is 21.3 Å². The summed E-state index contributed by atoms with van der Waals surface area (Å²) in [5.74, 6) is 0. The van der Waals surface area contributed by atoms with Gasteiger partial charge in [-0.2, -0.15) is 0 Å². The van der Waals surface area contributed by atoms with Crippen molar-refractivity contribution in [2.75, 3.05) is 19.8 Å². The number of nitrogens with one attached hydrogen (secondary N) is 1. The van der Waals surface area contributed by atoms with Crippen molar-refractivity contribution in [3.63, 3.8) is 0 Å². The second-order valence-electron chi connectivity index (χ2n) is 3.19. The molecule has 0 radical (unpaired) electrons. The molecule has 12 heavy (non-hydrogen) atoms. The average molecular weight is 173 g/mol. The van der Waals surface area contributed by atoms with Gasteiger partial charge >= 0.3 is 0 Å². The molecule has 0 fully saturated rings. The first-order chi connectivity index (χ1) is 5.81. The van der Waals surface area contributed by atoms with Gasteiger partial charge in [-0.15, -0.1) is 0 Å². The number of hydrogen-bond acceptors (Lipinski definition) is 2. The monoisotopic (exact) mass is 173 g/mol. The lowest BCUT2D eigenvalue weighted by Crippen LogP contribution is -2.26. The molecule has 2 heteroatoms. The van der Waals surface area contributed by atoms with Gasteiger partial charge in [0, 0.05) is 19.3 Å². The molecule has 74 valence electrons. The summed E-state index contributed by atoms with van der Waals surface area (Å²) in [4.78, 5) is 0. The lowest BCUT2D eigenvalue weighted by Gasteiger charge is -2.12. The largest absolute Gasteiger partial charge is 0.382 e. The van der Waals surface area contributed by atoms with Gasteiger partial charge in [-0.05, 0) is 39.7 Å². The van der Waals surface area contributed by atoms with E-state index in [1.54, 1.807) is 0 Å². The highest BCUT2D eigenvalue weighted by Crippen LogP contribution is 1.96. The van der Waals surface area contributed by atoms with Gasteiger partial charge in [0.25, 0.3) is 0 Å². The van der Waals surface area contributed by atoms with Crippen molar-refractivity contribution in [2.24, 2.45) is 0 Å². The van der Waals surface area contributed by atoms with E-state index in [-0.39, 0.29) is 0 Å². The summed E-state index contributed by atoms with van der Waals surface area (Å²) in [7, 11) is 0. The summed E-state index contributed by atoms with van der Waals surface area (Å²) < 4.78 is 5.26. The Labute approximate surface area is 76.7 Å². The molecule has 0 amide bonds. The summed E-state index contributed by atoms with van der Waals surface area (Å²) in [5.41, 5.74) is 0. The first-order valence-corrected chi connectivity index (χ1v) is 5.12. The maximum Gasteiger partial charge on any atom is 0.0466 e. The van der Waals surface area contributed by atoms with Crippen LogP contribution in [0.3, 0.4) is 0 Å². The molecule has 0 saturated heterocycles. The van der Waals surface area contributed by atoms with E-state index in [9.17, 15) is 0 Å². The van der Waals surface area contributed by atoms with E-state index < -0.39 is 0 Å². The number of ether oxygens (including phenoxy) is 1. The lowest BCUT2D eigenvalue weighted by atomic mass is 10.2. The molecule has 0 saturated carbocycles. The summed E-state index contributed by atoms with van der Waals surface area (Å²) >= 11 is 0. The van der Waals surface area contributed by atoms with Crippen LogP contribution >= 0.6 is 0 Å². The molecule has 0 heterocycles. The molecule has 0 spiro atoms. The van der Waals surface area contributed by atoms with Gasteiger partial charge in [0.15, 0.2) is 0 Å². The van der Waals surface area contributed by atoms with Crippen LogP contribution < -0.4 is 5.32 Å². The third-order valence-corrected chi connectivity index (χ3v) is 1.87. The molecule has 0 aliphatic heterocycles. The van der Waals surface area contributed by atoms with Crippen LogP contribution in [-0.2, 0) is 4.74 Å². The SMILES string of the molecule is CCCNC(C)CCCOCC. The Balaban J connectivity index is 3.02. The van der Waals surface area contributed by atoms with Gasteiger partial charge in [0.2, 0.25) is 0 Å². The van der Waals surface area contributed by atoms with E-state index in [2.05, 4.69) is 19.2 Å². The van der Waals surface area contributed by atoms with Crippen LogP contribution in [0, 0.1) is 0 Å².